The van der Waals surface area contributed by atoms with Crippen LogP contribution >= 0.6 is 0 Å². The molecule has 0 amide bonds. The van der Waals surface area contributed by atoms with Crippen molar-refractivity contribution in [2.24, 2.45) is 0 Å². The van der Waals surface area contributed by atoms with Crippen molar-refractivity contribution in [2.45, 2.75) is 19.2 Å². The quantitative estimate of drug-likeness (QED) is 0.788. The van der Waals surface area contributed by atoms with E-state index in [1.807, 2.05) is 0 Å². The predicted octanol–water partition coefficient (Wildman–Crippen LogP) is 2.65. The minimum absolute atomic E-state index is 0.0168. The van der Waals surface area contributed by atoms with Crippen LogP contribution in [0.1, 0.15) is 12.5 Å². The highest BCUT2D eigenvalue weighted by molar-refractivity contribution is 5.47. The van der Waals surface area contributed by atoms with Crippen molar-refractivity contribution in [3.05, 3.63) is 29.6 Å². The Labute approximate surface area is 108 Å². The van der Waals surface area contributed by atoms with Gasteiger partial charge in [-0.25, -0.2) is 4.39 Å². The van der Waals surface area contributed by atoms with Crippen LogP contribution in [0.4, 0.5) is 23.2 Å². The first-order valence-corrected chi connectivity index (χ1v) is 5.71. The maximum atomic E-state index is 13.0. The number of hydrogen-bond acceptors (Lipinski definition) is 3. The summed E-state index contributed by atoms with van der Waals surface area (Å²) in [5.74, 6) is -1.33. The van der Waals surface area contributed by atoms with Gasteiger partial charge in [0.1, 0.15) is 5.82 Å². The van der Waals surface area contributed by atoms with Crippen molar-refractivity contribution >= 4 is 5.69 Å². The Balaban J connectivity index is 2.65. The molecular weight excluding hydrogens is 266 g/mol. The molecule has 0 aliphatic rings. The maximum Gasteiger partial charge on any atom is 0.419 e. The molecular formula is C12H15F4NO2. The zero-order chi connectivity index (χ0) is 14.5. The molecule has 108 valence electrons. The molecule has 1 unspecified atom stereocenters. The van der Waals surface area contributed by atoms with Crippen LogP contribution in [0.15, 0.2) is 18.2 Å². The number of aliphatic hydroxyl groups excluding tert-OH is 1. The van der Waals surface area contributed by atoms with E-state index in [-0.39, 0.29) is 18.8 Å². The standard InChI is InChI=1S/C12H15F4NO2/c1-2-19-7-9(18)6-17-8-3-4-11(13)10(5-8)12(14,15)16/h3-5,9,17-18H,2,6-7H2,1H3. The van der Waals surface area contributed by atoms with Gasteiger partial charge in [0.25, 0.3) is 0 Å². The minimum atomic E-state index is -4.74. The fourth-order valence-corrected chi connectivity index (χ4v) is 1.40. The molecule has 1 aromatic carbocycles. The molecule has 3 nitrogen and oxygen atoms in total. The van der Waals surface area contributed by atoms with Crippen molar-refractivity contribution in [3.63, 3.8) is 0 Å². The third-order valence-electron chi connectivity index (χ3n) is 2.33. The van der Waals surface area contributed by atoms with Gasteiger partial charge in [-0.2, -0.15) is 13.2 Å². The van der Waals surface area contributed by atoms with E-state index in [1.54, 1.807) is 6.92 Å². The number of aliphatic hydroxyl groups is 1. The maximum absolute atomic E-state index is 13.0. The molecule has 0 saturated carbocycles. The van der Waals surface area contributed by atoms with Gasteiger partial charge < -0.3 is 15.2 Å². The minimum Gasteiger partial charge on any atom is -0.389 e. The number of hydrogen-bond donors (Lipinski definition) is 2. The highest BCUT2D eigenvalue weighted by atomic mass is 19.4. The van der Waals surface area contributed by atoms with E-state index in [0.29, 0.717) is 12.7 Å². The predicted molar refractivity (Wildman–Crippen MR) is 62.4 cm³/mol. The van der Waals surface area contributed by atoms with Crippen molar-refractivity contribution in [3.8, 4) is 0 Å². The molecule has 1 atom stereocenters. The molecule has 0 aromatic heterocycles. The van der Waals surface area contributed by atoms with Crippen molar-refractivity contribution in [1.29, 1.82) is 0 Å². The Hall–Kier alpha value is -1.34. The molecule has 7 heteroatoms. The van der Waals surface area contributed by atoms with Crippen molar-refractivity contribution < 1.29 is 27.4 Å². The number of nitrogens with one attached hydrogen (secondary N) is 1. The first-order chi connectivity index (χ1) is 8.84. The lowest BCUT2D eigenvalue weighted by Crippen LogP contribution is -2.25. The SMILES string of the molecule is CCOCC(O)CNc1ccc(F)c(C(F)(F)F)c1. The first kappa shape index (κ1) is 15.7. The molecule has 1 aromatic rings. The van der Waals surface area contributed by atoms with Crippen LogP contribution < -0.4 is 5.32 Å². The zero-order valence-corrected chi connectivity index (χ0v) is 10.3. The fourth-order valence-electron chi connectivity index (χ4n) is 1.40. The van der Waals surface area contributed by atoms with Crippen molar-refractivity contribution in [2.75, 3.05) is 25.1 Å². The molecule has 0 spiro atoms. The van der Waals surface area contributed by atoms with E-state index in [2.05, 4.69) is 5.32 Å². The van der Waals surface area contributed by atoms with Gasteiger partial charge in [0.15, 0.2) is 0 Å². The van der Waals surface area contributed by atoms with Crippen LogP contribution in [0.3, 0.4) is 0 Å². The van der Waals surface area contributed by atoms with Gasteiger partial charge in [-0.15, -0.1) is 0 Å². The Kier molecular flexibility index (Phi) is 5.56. The van der Waals surface area contributed by atoms with Crippen molar-refractivity contribution in [1.82, 2.24) is 0 Å². The molecule has 0 fully saturated rings. The number of rotatable bonds is 6. The first-order valence-electron chi connectivity index (χ1n) is 5.71. The monoisotopic (exact) mass is 281 g/mol. The molecule has 19 heavy (non-hydrogen) atoms. The lowest BCUT2D eigenvalue weighted by atomic mass is 10.1. The second kappa shape index (κ2) is 6.72. The average molecular weight is 281 g/mol. The number of alkyl halides is 3. The van der Waals surface area contributed by atoms with Gasteiger partial charge in [0.05, 0.1) is 18.3 Å². The molecule has 1 rings (SSSR count). The second-order valence-electron chi connectivity index (χ2n) is 3.89. The van der Waals surface area contributed by atoms with E-state index in [4.69, 9.17) is 4.74 Å². The van der Waals surface area contributed by atoms with Crippen LogP contribution in [0, 0.1) is 5.82 Å². The third kappa shape index (κ3) is 5.04. The summed E-state index contributed by atoms with van der Waals surface area (Å²) in [6.07, 6.45) is -5.59. The van der Waals surface area contributed by atoms with E-state index >= 15 is 0 Å². The summed E-state index contributed by atoms with van der Waals surface area (Å²) in [5.41, 5.74) is -1.25. The van der Waals surface area contributed by atoms with E-state index in [1.165, 1.54) is 6.07 Å². The van der Waals surface area contributed by atoms with Gasteiger partial charge in [0, 0.05) is 18.8 Å². The summed E-state index contributed by atoms with van der Waals surface area (Å²) < 4.78 is 55.3. The van der Waals surface area contributed by atoms with Gasteiger partial charge in [-0.3, -0.25) is 0 Å². The molecule has 0 heterocycles. The average Bonchev–Trinajstić information content (AvgIpc) is 2.34. The Morgan fingerprint density at radius 1 is 1.37 bits per heavy atom. The topological polar surface area (TPSA) is 41.5 Å². The Morgan fingerprint density at radius 2 is 2.05 bits per heavy atom. The van der Waals surface area contributed by atoms with Crippen LogP contribution in [0.5, 0.6) is 0 Å². The summed E-state index contributed by atoms with van der Waals surface area (Å²) in [6, 6.07) is 2.58. The van der Waals surface area contributed by atoms with Gasteiger partial charge in [-0.05, 0) is 25.1 Å². The molecule has 0 aliphatic heterocycles. The van der Waals surface area contributed by atoms with Crippen LogP contribution in [-0.2, 0) is 10.9 Å². The van der Waals surface area contributed by atoms with Crippen LogP contribution in [-0.4, -0.2) is 31.0 Å². The van der Waals surface area contributed by atoms with Gasteiger partial charge in [0.2, 0.25) is 0 Å². The smallest absolute Gasteiger partial charge is 0.389 e. The molecule has 0 aliphatic carbocycles. The van der Waals surface area contributed by atoms with Crippen LogP contribution in [0.2, 0.25) is 0 Å². The zero-order valence-electron chi connectivity index (χ0n) is 10.3. The largest absolute Gasteiger partial charge is 0.419 e. The summed E-state index contributed by atoms with van der Waals surface area (Å²) in [6.45, 7) is 2.29. The molecule has 2 N–H and O–H groups in total. The highest BCUT2D eigenvalue weighted by Gasteiger charge is 2.34. The van der Waals surface area contributed by atoms with Crippen LogP contribution in [0.25, 0.3) is 0 Å². The van der Waals surface area contributed by atoms with E-state index in [9.17, 15) is 22.7 Å². The summed E-state index contributed by atoms with van der Waals surface area (Å²) >= 11 is 0. The Bertz CT molecular complexity index is 409. The van der Waals surface area contributed by atoms with E-state index in [0.717, 1.165) is 6.07 Å². The lowest BCUT2D eigenvalue weighted by molar-refractivity contribution is -0.139. The van der Waals surface area contributed by atoms with E-state index < -0.39 is 23.7 Å². The number of benzene rings is 1. The third-order valence-corrected chi connectivity index (χ3v) is 2.33. The summed E-state index contributed by atoms with van der Waals surface area (Å²) in [7, 11) is 0. The molecule has 0 radical (unpaired) electrons. The van der Waals surface area contributed by atoms with Gasteiger partial charge in [-0.1, -0.05) is 0 Å². The van der Waals surface area contributed by atoms with Gasteiger partial charge >= 0.3 is 6.18 Å². The Morgan fingerprint density at radius 3 is 2.63 bits per heavy atom. The highest BCUT2D eigenvalue weighted by Crippen LogP contribution is 2.32. The molecule has 0 saturated heterocycles. The lowest BCUT2D eigenvalue weighted by Gasteiger charge is -2.14. The summed E-state index contributed by atoms with van der Waals surface area (Å²) in [5, 5.41) is 12.0. The number of ether oxygens (including phenoxy) is 1. The summed E-state index contributed by atoms with van der Waals surface area (Å²) in [4.78, 5) is 0. The fraction of sp³-hybridized carbons (Fsp3) is 0.500. The number of anilines is 1. The number of halogens is 4. The second-order valence-corrected chi connectivity index (χ2v) is 3.89. The normalized spacial score (nSPS) is 13.4. The molecule has 0 bridgehead atoms.